The first-order chi connectivity index (χ1) is 8.49. The normalized spacial score (nSPS) is 14.6. The number of hydrogen-bond acceptors (Lipinski definition) is 3. The van der Waals surface area contributed by atoms with Crippen LogP contribution in [0.1, 0.15) is 37.4 Å². The van der Waals surface area contributed by atoms with Gasteiger partial charge in [0.2, 0.25) is 0 Å². The van der Waals surface area contributed by atoms with Crippen molar-refractivity contribution in [2.24, 2.45) is 5.73 Å². The van der Waals surface area contributed by atoms with Crippen LogP contribution < -0.4 is 10.5 Å². The number of methoxy groups -OCH3 is 1. The van der Waals surface area contributed by atoms with Crippen molar-refractivity contribution < 1.29 is 4.74 Å². The Morgan fingerprint density at radius 1 is 1.33 bits per heavy atom. The van der Waals surface area contributed by atoms with E-state index < -0.39 is 0 Å². The second-order valence-corrected chi connectivity index (χ2v) is 5.12. The molecule has 0 aliphatic heterocycles. The summed E-state index contributed by atoms with van der Waals surface area (Å²) in [4.78, 5) is 2.23. The van der Waals surface area contributed by atoms with Crippen LogP contribution >= 0.6 is 0 Å². The van der Waals surface area contributed by atoms with E-state index in [2.05, 4.69) is 51.0 Å². The summed E-state index contributed by atoms with van der Waals surface area (Å²) in [6, 6.07) is 7.01. The number of ether oxygens (including phenoxy) is 1. The van der Waals surface area contributed by atoms with Crippen LogP contribution in [0.25, 0.3) is 0 Å². The predicted octanol–water partition coefficient (Wildman–Crippen LogP) is 2.60. The van der Waals surface area contributed by atoms with Gasteiger partial charge in [-0.25, -0.2) is 0 Å². The molecule has 0 aliphatic carbocycles. The zero-order chi connectivity index (χ0) is 13.7. The van der Waals surface area contributed by atoms with Crippen molar-refractivity contribution in [2.45, 2.75) is 38.8 Å². The molecule has 0 aliphatic rings. The van der Waals surface area contributed by atoms with Crippen molar-refractivity contribution in [3.63, 3.8) is 0 Å². The molecule has 0 saturated carbocycles. The molecule has 0 fully saturated rings. The molecule has 0 spiro atoms. The molecule has 2 N–H and O–H groups in total. The number of nitrogens with zero attached hydrogens (tertiary/aromatic N) is 1. The molecule has 0 radical (unpaired) electrons. The van der Waals surface area contributed by atoms with E-state index >= 15 is 0 Å². The average molecular weight is 250 g/mol. The van der Waals surface area contributed by atoms with Gasteiger partial charge in [-0.05, 0) is 51.1 Å². The summed E-state index contributed by atoms with van der Waals surface area (Å²) in [6.45, 7) is 4.21. The van der Waals surface area contributed by atoms with E-state index in [1.54, 1.807) is 7.11 Å². The van der Waals surface area contributed by atoms with Gasteiger partial charge in [0.1, 0.15) is 5.75 Å². The second kappa shape index (κ2) is 6.76. The predicted molar refractivity (Wildman–Crippen MR) is 77.1 cm³/mol. The van der Waals surface area contributed by atoms with Gasteiger partial charge in [-0.3, -0.25) is 0 Å². The largest absolute Gasteiger partial charge is 0.496 e. The van der Waals surface area contributed by atoms with Crippen LogP contribution in [-0.2, 0) is 6.42 Å². The summed E-state index contributed by atoms with van der Waals surface area (Å²) in [7, 11) is 5.92. The van der Waals surface area contributed by atoms with Gasteiger partial charge in [-0.15, -0.1) is 0 Å². The van der Waals surface area contributed by atoms with E-state index in [1.807, 2.05) is 0 Å². The fourth-order valence-electron chi connectivity index (χ4n) is 2.28. The lowest BCUT2D eigenvalue weighted by Crippen LogP contribution is -2.27. The summed E-state index contributed by atoms with van der Waals surface area (Å²) >= 11 is 0. The summed E-state index contributed by atoms with van der Waals surface area (Å²) in [5.74, 6) is 0.972. The molecule has 2 atom stereocenters. The summed E-state index contributed by atoms with van der Waals surface area (Å²) in [5, 5.41) is 0. The van der Waals surface area contributed by atoms with Crippen LogP contribution in [0.4, 0.5) is 0 Å². The maximum Gasteiger partial charge on any atom is 0.122 e. The van der Waals surface area contributed by atoms with Gasteiger partial charge in [0.15, 0.2) is 0 Å². The highest BCUT2D eigenvalue weighted by atomic mass is 16.5. The van der Waals surface area contributed by atoms with Crippen molar-refractivity contribution in [1.29, 1.82) is 0 Å². The molecule has 0 amide bonds. The van der Waals surface area contributed by atoms with Crippen LogP contribution in [0.3, 0.4) is 0 Å². The Labute approximate surface area is 111 Å². The quantitative estimate of drug-likeness (QED) is 0.843. The maximum atomic E-state index is 5.94. The van der Waals surface area contributed by atoms with Gasteiger partial charge in [0.05, 0.1) is 7.11 Å². The summed E-state index contributed by atoms with van der Waals surface area (Å²) in [6.07, 6.45) is 1.94. The highest BCUT2D eigenvalue weighted by Crippen LogP contribution is 2.28. The highest BCUT2D eigenvalue weighted by molar-refractivity contribution is 5.38. The monoisotopic (exact) mass is 250 g/mol. The molecule has 1 rings (SSSR count). The summed E-state index contributed by atoms with van der Waals surface area (Å²) < 4.78 is 5.37. The van der Waals surface area contributed by atoms with Crippen molar-refractivity contribution in [2.75, 3.05) is 21.2 Å². The molecule has 3 nitrogen and oxygen atoms in total. The Morgan fingerprint density at radius 2 is 2.00 bits per heavy atom. The SMILES string of the molecule is CCc1cc(C(CC(C)N)N(C)C)ccc1OC. The van der Waals surface area contributed by atoms with Crippen LogP contribution in [0.2, 0.25) is 0 Å². The van der Waals surface area contributed by atoms with E-state index in [1.165, 1.54) is 11.1 Å². The van der Waals surface area contributed by atoms with Crippen molar-refractivity contribution in [1.82, 2.24) is 4.90 Å². The van der Waals surface area contributed by atoms with E-state index in [4.69, 9.17) is 10.5 Å². The average Bonchev–Trinajstić information content (AvgIpc) is 2.34. The molecule has 2 unspecified atom stereocenters. The molecule has 0 saturated heterocycles. The van der Waals surface area contributed by atoms with Gasteiger partial charge < -0.3 is 15.4 Å². The molecule has 0 bridgehead atoms. The highest BCUT2D eigenvalue weighted by Gasteiger charge is 2.17. The number of rotatable bonds is 6. The minimum Gasteiger partial charge on any atom is -0.496 e. The van der Waals surface area contributed by atoms with Crippen molar-refractivity contribution >= 4 is 0 Å². The lowest BCUT2D eigenvalue weighted by molar-refractivity contribution is 0.272. The van der Waals surface area contributed by atoms with Crippen LogP contribution in [0.15, 0.2) is 18.2 Å². The van der Waals surface area contributed by atoms with Crippen LogP contribution in [0.5, 0.6) is 5.75 Å². The van der Waals surface area contributed by atoms with Crippen LogP contribution in [0, 0.1) is 0 Å². The Morgan fingerprint density at radius 3 is 2.44 bits per heavy atom. The Hall–Kier alpha value is -1.06. The molecule has 0 heterocycles. The number of aryl methyl sites for hydroxylation is 1. The first-order valence-corrected chi connectivity index (χ1v) is 6.58. The van der Waals surface area contributed by atoms with Crippen molar-refractivity contribution in [3.05, 3.63) is 29.3 Å². The maximum absolute atomic E-state index is 5.94. The van der Waals surface area contributed by atoms with Crippen molar-refractivity contribution in [3.8, 4) is 5.75 Å². The van der Waals surface area contributed by atoms with E-state index in [0.29, 0.717) is 6.04 Å². The summed E-state index contributed by atoms with van der Waals surface area (Å²) in [5.41, 5.74) is 8.51. The molecular weight excluding hydrogens is 224 g/mol. The Kier molecular flexibility index (Phi) is 5.63. The van der Waals surface area contributed by atoms with Gasteiger partial charge >= 0.3 is 0 Å². The van der Waals surface area contributed by atoms with Crippen LogP contribution in [-0.4, -0.2) is 32.1 Å². The topological polar surface area (TPSA) is 38.5 Å². The minimum atomic E-state index is 0.199. The molecule has 102 valence electrons. The third kappa shape index (κ3) is 3.72. The smallest absolute Gasteiger partial charge is 0.122 e. The third-order valence-electron chi connectivity index (χ3n) is 3.29. The number of benzene rings is 1. The third-order valence-corrected chi connectivity index (χ3v) is 3.29. The second-order valence-electron chi connectivity index (χ2n) is 5.12. The number of hydrogen-bond donors (Lipinski definition) is 1. The fraction of sp³-hybridized carbons (Fsp3) is 0.600. The zero-order valence-corrected chi connectivity index (χ0v) is 12.2. The first-order valence-electron chi connectivity index (χ1n) is 6.58. The standard InChI is InChI=1S/C15H26N2O/c1-6-12-10-13(7-8-15(12)18-5)14(17(3)4)9-11(2)16/h7-8,10-11,14H,6,9,16H2,1-5H3. The Bertz CT molecular complexity index is 375. The fourth-order valence-corrected chi connectivity index (χ4v) is 2.28. The molecule has 3 heteroatoms. The first kappa shape index (κ1) is 15.0. The lowest BCUT2D eigenvalue weighted by Gasteiger charge is -2.27. The number of nitrogens with two attached hydrogens (primary N) is 1. The molecule has 1 aromatic carbocycles. The lowest BCUT2D eigenvalue weighted by atomic mass is 9.96. The molecule has 18 heavy (non-hydrogen) atoms. The van der Waals surface area contributed by atoms with E-state index in [0.717, 1.165) is 18.6 Å². The van der Waals surface area contributed by atoms with Gasteiger partial charge in [-0.2, -0.15) is 0 Å². The molecule has 1 aromatic rings. The zero-order valence-electron chi connectivity index (χ0n) is 12.2. The molecular formula is C15H26N2O. The van der Waals surface area contributed by atoms with Gasteiger partial charge in [0.25, 0.3) is 0 Å². The minimum absolute atomic E-state index is 0.199. The Balaban J connectivity index is 3.05. The van der Waals surface area contributed by atoms with Gasteiger partial charge in [0, 0.05) is 12.1 Å². The van der Waals surface area contributed by atoms with E-state index in [9.17, 15) is 0 Å². The van der Waals surface area contributed by atoms with E-state index in [-0.39, 0.29) is 6.04 Å². The van der Waals surface area contributed by atoms with Gasteiger partial charge in [-0.1, -0.05) is 19.1 Å². The molecule has 0 aromatic heterocycles.